The van der Waals surface area contributed by atoms with E-state index in [1.165, 1.54) is 11.0 Å². The van der Waals surface area contributed by atoms with E-state index in [-0.39, 0.29) is 35.8 Å². The van der Waals surface area contributed by atoms with Crippen molar-refractivity contribution in [2.45, 2.75) is 50.0 Å². The minimum absolute atomic E-state index is 0.00288. The highest BCUT2D eigenvalue weighted by atomic mass is 35.5. The van der Waals surface area contributed by atoms with Gasteiger partial charge >= 0.3 is 0 Å². The Kier molecular flexibility index (Phi) is 6.79. The fraction of sp³-hybridized carbons (Fsp3) is 0.519. The number of likely N-dealkylation sites (tertiary alicyclic amines) is 1. The van der Waals surface area contributed by atoms with Gasteiger partial charge in [0, 0.05) is 36.1 Å². The molecule has 0 unspecified atom stereocenters. The van der Waals surface area contributed by atoms with Crippen LogP contribution in [0.1, 0.15) is 36.0 Å². The van der Waals surface area contributed by atoms with E-state index in [1.807, 2.05) is 0 Å². The Morgan fingerprint density at radius 1 is 1.21 bits per heavy atom. The molecule has 4 atom stereocenters. The first kappa shape index (κ1) is 27.6. The van der Waals surface area contributed by atoms with Gasteiger partial charge in [0.1, 0.15) is 22.8 Å². The van der Waals surface area contributed by atoms with Crippen molar-refractivity contribution in [3.8, 4) is 5.75 Å². The van der Waals surface area contributed by atoms with E-state index in [0.717, 1.165) is 0 Å². The van der Waals surface area contributed by atoms with Gasteiger partial charge in [0.25, 0.3) is 5.91 Å². The molecule has 5 rings (SSSR count). The van der Waals surface area contributed by atoms with E-state index >= 15 is 0 Å². The number of nitrogens with two attached hydrogens (primary N) is 1. The number of hydrogen-bond acceptors (Lipinski definition) is 10. The number of piperidine rings is 1. The molecule has 0 radical (unpaired) electrons. The standard InChI is InChI=1S/C27H32ClN3O8/c1-30(2)21-15-8-11-7-14-18(16(33)9-12(20(14)28)10-31-5-3-13(32)4-6-31)22(34)17(11)24(36)27(15,39)25(37)19(23(21)35)26(29)38/h9,11,13,15,21,32-34,37,39H,3-8,10H2,1-2H3,(H2,29,38)/t11-,15-,21-,27-/m0/s1. The molecule has 7 N–H and O–H groups in total. The molecule has 2 fully saturated rings. The molecule has 39 heavy (non-hydrogen) atoms. The number of likely N-dealkylation sites (N-methyl/N-ethyl adjacent to an activating group) is 1. The number of primary amides is 1. The van der Waals surface area contributed by atoms with Crippen LogP contribution in [0, 0.1) is 11.8 Å². The molecule has 1 saturated heterocycles. The summed E-state index contributed by atoms with van der Waals surface area (Å²) in [7, 11) is 3.10. The third-order valence-electron chi connectivity index (χ3n) is 8.68. The predicted molar refractivity (Wildman–Crippen MR) is 140 cm³/mol. The van der Waals surface area contributed by atoms with Crippen LogP contribution in [-0.2, 0) is 27.3 Å². The molecule has 1 saturated carbocycles. The first-order chi connectivity index (χ1) is 18.3. The molecule has 4 aliphatic rings. The van der Waals surface area contributed by atoms with E-state index in [2.05, 4.69) is 4.90 Å². The van der Waals surface area contributed by atoms with Crippen LogP contribution in [0.4, 0.5) is 0 Å². The summed E-state index contributed by atoms with van der Waals surface area (Å²) in [5, 5.41) is 54.9. The Bertz CT molecular complexity index is 1350. The van der Waals surface area contributed by atoms with Gasteiger partial charge in [0.05, 0.1) is 17.7 Å². The number of aliphatic hydroxyl groups excluding tert-OH is 3. The number of Topliss-reactive ketones (excluding diaryl/α,β-unsaturated/α-hetero) is 2. The van der Waals surface area contributed by atoms with Gasteiger partial charge in [-0.1, -0.05) is 11.6 Å². The highest BCUT2D eigenvalue weighted by molar-refractivity contribution is 6.32. The van der Waals surface area contributed by atoms with E-state index < -0.39 is 58.0 Å². The van der Waals surface area contributed by atoms with Crippen LogP contribution in [0.15, 0.2) is 23.0 Å². The predicted octanol–water partition coefficient (Wildman–Crippen LogP) is 0.574. The molecule has 210 valence electrons. The lowest BCUT2D eigenvalue weighted by Crippen LogP contribution is -2.65. The van der Waals surface area contributed by atoms with Crippen molar-refractivity contribution in [2.75, 3.05) is 27.2 Å². The fourth-order valence-electron chi connectivity index (χ4n) is 6.78. The number of aliphatic hydroxyl groups is 4. The summed E-state index contributed by atoms with van der Waals surface area (Å²) in [6, 6.07) is 0.282. The number of benzene rings is 1. The SMILES string of the molecule is CN(C)[C@@H]1C(=O)C(C(N)=O)=C(O)[C@@]2(O)C(=O)C3=C(O)c4c(O)cc(CN5CCC(O)CC5)c(Cl)c4C[C@H]3C[C@@H]12. The number of nitrogens with zero attached hydrogens (tertiary/aromatic N) is 2. The van der Waals surface area contributed by atoms with E-state index in [9.17, 15) is 39.9 Å². The quantitative estimate of drug-likeness (QED) is 0.284. The Hall–Kier alpha value is -2.96. The van der Waals surface area contributed by atoms with Crippen molar-refractivity contribution in [1.29, 1.82) is 0 Å². The zero-order chi connectivity index (χ0) is 28.5. The maximum Gasteiger partial charge on any atom is 0.255 e. The highest BCUT2D eigenvalue weighted by Crippen LogP contribution is 2.53. The largest absolute Gasteiger partial charge is 0.508 e. The number of phenols is 1. The van der Waals surface area contributed by atoms with Gasteiger partial charge in [-0.3, -0.25) is 24.2 Å². The van der Waals surface area contributed by atoms with Crippen LogP contribution in [0.5, 0.6) is 5.75 Å². The third-order valence-corrected chi connectivity index (χ3v) is 9.15. The number of rotatable bonds is 4. The number of halogens is 1. The van der Waals surface area contributed by atoms with Crippen LogP contribution >= 0.6 is 11.6 Å². The molecule has 3 aliphatic carbocycles. The normalized spacial score (nSPS) is 29.9. The van der Waals surface area contributed by atoms with Gasteiger partial charge in [-0.15, -0.1) is 0 Å². The summed E-state index contributed by atoms with van der Waals surface area (Å²) in [6.45, 7) is 1.74. The van der Waals surface area contributed by atoms with Crippen molar-refractivity contribution in [2.24, 2.45) is 17.6 Å². The summed E-state index contributed by atoms with van der Waals surface area (Å²) >= 11 is 6.81. The van der Waals surface area contributed by atoms with Crippen LogP contribution in [0.2, 0.25) is 5.02 Å². The summed E-state index contributed by atoms with van der Waals surface area (Å²) in [5.41, 5.74) is 2.63. The number of aromatic hydroxyl groups is 1. The minimum atomic E-state index is -2.68. The number of phenolic OH excluding ortho intramolecular Hbond substituents is 1. The number of fused-ring (bicyclic) bond motifs is 3. The van der Waals surface area contributed by atoms with Crippen molar-refractivity contribution in [3.63, 3.8) is 0 Å². The monoisotopic (exact) mass is 561 g/mol. The van der Waals surface area contributed by atoms with E-state index in [4.69, 9.17) is 17.3 Å². The first-order valence-electron chi connectivity index (χ1n) is 12.9. The van der Waals surface area contributed by atoms with Crippen molar-refractivity contribution in [3.05, 3.63) is 44.7 Å². The maximum atomic E-state index is 13.9. The molecule has 0 spiro atoms. The van der Waals surface area contributed by atoms with Crippen molar-refractivity contribution >= 4 is 34.8 Å². The van der Waals surface area contributed by atoms with Gasteiger partial charge in [0.2, 0.25) is 5.78 Å². The average molecular weight is 562 g/mol. The second-order valence-electron chi connectivity index (χ2n) is 11.2. The second kappa shape index (κ2) is 9.60. The maximum absolute atomic E-state index is 13.9. The Morgan fingerprint density at radius 2 is 1.85 bits per heavy atom. The molecule has 1 heterocycles. The zero-order valence-corrected chi connectivity index (χ0v) is 22.4. The first-order valence-corrected chi connectivity index (χ1v) is 13.2. The summed E-state index contributed by atoms with van der Waals surface area (Å²) in [4.78, 5) is 42.7. The Labute approximate surface area is 229 Å². The Morgan fingerprint density at radius 3 is 2.44 bits per heavy atom. The topological polar surface area (TPSA) is 185 Å². The number of carbonyl (C=O) groups excluding carboxylic acids is 3. The van der Waals surface area contributed by atoms with Gasteiger partial charge in [0.15, 0.2) is 11.4 Å². The molecule has 1 amide bonds. The number of carbonyl (C=O) groups is 3. The molecule has 1 aliphatic heterocycles. The fourth-order valence-corrected chi connectivity index (χ4v) is 7.07. The van der Waals surface area contributed by atoms with Crippen LogP contribution in [0.25, 0.3) is 5.76 Å². The van der Waals surface area contributed by atoms with Crippen molar-refractivity contribution < 1.29 is 39.9 Å². The molecular weight excluding hydrogens is 530 g/mol. The van der Waals surface area contributed by atoms with Gasteiger partial charge in [-0.2, -0.15) is 0 Å². The molecular formula is C27H32ClN3O8. The average Bonchev–Trinajstić information content (AvgIpc) is 2.85. The molecule has 0 aromatic heterocycles. The summed E-state index contributed by atoms with van der Waals surface area (Å²) in [6.07, 6.45) is 1.04. The molecule has 12 heteroatoms. The van der Waals surface area contributed by atoms with Gasteiger partial charge < -0.3 is 31.3 Å². The highest BCUT2D eigenvalue weighted by Gasteiger charge is 2.64. The lowest BCUT2D eigenvalue weighted by atomic mass is 9.57. The van der Waals surface area contributed by atoms with Crippen LogP contribution < -0.4 is 5.73 Å². The minimum Gasteiger partial charge on any atom is -0.508 e. The lowest BCUT2D eigenvalue weighted by molar-refractivity contribution is -0.153. The number of ketones is 2. The summed E-state index contributed by atoms with van der Waals surface area (Å²) in [5.74, 6) is -6.97. The number of amides is 1. The third kappa shape index (κ3) is 4.06. The molecule has 1 aromatic rings. The lowest BCUT2D eigenvalue weighted by Gasteiger charge is -2.50. The number of hydrogen-bond donors (Lipinski definition) is 6. The van der Waals surface area contributed by atoms with Gasteiger partial charge in [-0.05, 0) is 62.9 Å². The summed E-state index contributed by atoms with van der Waals surface area (Å²) < 4.78 is 0. The second-order valence-corrected chi connectivity index (χ2v) is 11.6. The smallest absolute Gasteiger partial charge is 0.255 e. The van der Waals surface area contributed by atoms with Crippen molar-refractivity contribution in [1.82, 2.24) is 9.80 Å². The van der Waals surface area contributed by atoms with E-state index in [1.54, 1.807) is 14.1 Å². The molecule has 11 nitrogen and oxygen atoms in total. The van der Waals surface area contributed by atoms with Crippen LogP contribution in [0.3, 0.4) is 0 Å². The Balaban J connectivity index is 1.61. The van der Waals surface area contributed by atoms with E-state index in [0.29, 0.717) is 48.6 Å². The van der Waals surface area contributed by atoms with Crippen LogP contribution in [-0.4, -0.2) is 97.7 Å². The van der Waals surface area contributed by atoms with Gasteiger partial charge in [-0.25, -0.2) is 0 Å². The molecule has 0 bridgehead atoms. The molecule has 1 aromatic carbocycles. The zero-order valence-electron chi connectivity index (χ0n) is 21.6.